The fourth-order valence-corrected chi connectivity index (χ4v) is 2.73. The zero-order valence-electron chi connectivity index (χ0n) is 11.6. The smallest absolute Gasteiger partial charge is 0.249 e. The molecule has 19 heavy (non-hydrogen) atoms. The van der Waals surface area contributed by atoms with Gasteiger partial charge < -0.3 is 4.90 Å². The van der Waals surface area contributed by atoms with Gasteiger partial charge in [-0.05, 0) is 25.2 Å². The summed E-state index contributed by atoms with van der Waals surface area (Å²) in [6.07, 6.45) is 3.18. The number of hydrogen-bond donors (Lipinski definition) is 1. The molecule has 0 radical (unpaired) electrons. The van der Waals surface area contributed by atoms with Crippen molar-refractivity contribution in [1.29, 1.82) is 0 Å². The van der Waals surface area contributed by atoms with Gasteiger partial charge in [-0.25, -0.2) is 0 Å². The number of carbonyl (C=O) groups is 3. The third kappa shape index (κ3) is 2.69. The van der Waals surface area contributed by atoms with Gasteiger partial charge in [0.1, 0.15) is 6.04 Å². The van der Waals surface area contributed by atoms with Gasteiger partial charge in [0.2, 0.25) is 17.7 Å². The molecule has 0 bridgehead atoms. The lowest BCUT2D eigenvalue weighted by Crippen LogP contribution is -2.53. The van der Waals surface area contributed by atoms with Crippen LogP contribution in [0.15, 0.2) is 11.8 Å². The first-order valence-electron chi connectivity index (χ1n) is 6.74. The Bertz CT molecular complexity index is 456. The molecule has 5 heteroatoms. The first-order chi connectivity index (χ1) is 8.90. The van der Waals surface area contributed by atoms with Crippen LogP contribution >= 0.6 is 0 Å². The van der Waals surface area contributed by atoms with Crippen LogP contribution < -0.4 is 5.32 Å². The van der Waals surface area contributed by atoms with E-state index in [-0.39, 0.29) is 23.6 Å². The van der Waals surface area contributed by atoms with Crippen molar-refractivity contribution in [2.45, 2.75) is 46.1 Å². The maximum atomic E-state index is 12.3. The van der Waals surface area contributed by atoms with Crippen molar-refractivity contribution in [1.82, 2.24) is 10.2 Å². The van der Waals surface area contributed by atoms with E-state index in [0.717, 1.165) is 5.70 Å². The number of rotatable bonds is 1. The van der Waals surface area contributed by atoms with E-state index in [2.05, 4.69) is 12.2 Å². The normalized spacial score (nSPS) is 32.8. The highest BCUT2D eigenvalue weighted by molar-refractivity contribution is 6.02. The lowest BCUT2D eigenvalue weighted by molar-refractivity contribution is -0.144. The number of carbonyl (C=O) groups excluding carboxylic acids is 3. The number of allylic oxidation sites excluding steroid dienone is 2. The summed E-state index contributed by atoms with van der Waals surface area (Å²) in [5.74, 6) is -0.0745. The Hall–Kier alpha value is -1.65. The van der Waals surface area contributed by atoms with E-state index in [9.17, 15) is 14.4 Å². The Kier molecular flexibility index (Phi) is 3.73. The van der Waals surface area contributed by atoms with Crippen molar-refractivity contribution in [2.24, 2.45) is 11.8 Å². The van der Waals surface area contributed by atoms with E-state index < -0.39 is 6.04 Å². The Labute approximate surface area is 113 Å². The van der Waals surface area contributed by atoms with Crippen LogP contribution in [0.2, 0.25) is 0 Å². The van der Waals surface area contributed by atoms with E-state index in [1.54, 1.807) is 4.90 Å². The number of hydrogen-bond acceptors (Lipinski definition) is 3. The minimum absolute atomic E-state index is 0.0277. The van der Waals surface area contributed by atoms with E-state index >= 15 is 0 Å². The van der Waals surface area contributed by atoms with E-state index in [0.29, 0.717) is 25.2 Å². The minimum atomic E-state index is -0.543. The van der Waals surface area contributed by atoms with Crippen molar-refractivity contribution < 1.29 is 14.4 Å². The molecule has 0 aliphatic carbocycles. The number of imide groups is 1. The van der Waals surface area contributed by atoms with Gasteiger partial charge in [-0.1, -0.05) is 19.9 Å². The van der Waals surface area contributed by atoms with E-state index in [1.165, 1.54) is 0 Å². The van der Waals surface area contributed by atoms with Gasteiger partial charge in [-0.3, -0.25) is 19.7 Å². The molecule has 0 aromatic heterocycles. The average Bonchev–Trinajstić information content (AvgIpc) is 2.39. The topological polar surface area (TPSA) is 66.5 Å². The van der Waals surface area contributed by atoms with Crippen molar-refractivity contribution in [2.75, 3.05) is 0 Å². The lowest BCUT2D eigenvalue weighted by Gasteiger charge is -2.33. The molecule has 5 nitrogen and oxygen atoms in total. The van der Waals surface area contributed by atoms with Crippen LogP contribution in [-0.4, -0.2) is 28.7 Å². The van der Waals surface area contributed by atoms with Gasteiger partial charge >= 0.3 is 0 Å². The quantitative estimate of drug-likeness (QED) is 0.724. The van der Waals surface area contributed by atoms with E-state index in [4.69, 9.17) is 0 Å². The molecule has 0 saturated carbocycles. The van der Waals surface area contributed by atoms with Crippen LogP contribution in [0.3, 0.4) is 0 Å². The molecule has 2 heterocycles. The van der Waals surface area contributed by atoms with Crippen LogP contribution in [0.4, 0.5) is 0 Å². The third-order valence-electron chi connectivity index (χ3n) is 4.07. The molecule has 3 atom stereocenters. The molecule has 2 aliphatic heterocycles. The fourth-order valence-electron chi connectivity index (χ4n) is 2.73. The van der Waals surface area contributed by atoms with E-state index in [1.807, 2.05) is 19.9 Å². The highest BCUT2D eigenvalue weighted by atomic mass is 16.2. The summed E-state index contributed by atoms with van der Waals surface area (Å²) in [6, 6.07) is -0.543. The molecule has 2 rings (SSSR count). The molecule has 3 unspecified atom stereocenters. The van der Waals surface area contributed by atoms with Crippen molar-refractivity contribution >= 4 is 17.7 Å². The van der Waals surface area contributed by atoms with Gasteiger partial charge in [0.15, 0.2) is 0 Å². The molecule has 1 saturated heterocycles. The number of piperidine rings is 1. The molecule has 1 fully saturated rings. The fraction of sp³-hybridized carbons (Fsp3) is 0.643. The monoisotopic (exact) mass is 264 g/mol. The molecule has 0 spiro atoms. The predicted molar refractivity (Wildman–Crippen MR) is 69.7 cm³/mol. The molecule has 1 N–H and O–H groups in total. The minimum Gasteiger partial charge on any atom is -0.304 e. The van der Waals surface area contributed by atoms with Crippen LogP contribution in [0.25, 0.3) is 0 Å². The van der Waals surface area contributed by atoms with Crippen molar-refractivity contribution in [3.8, 4) is 0 Å². The van der Waals surface area contributed by atoms with Gasteiger partial charge in [0.05, 0.1) is 0 Å². The first kappa shape index (κ1) is 13.8. The molecule has 104 valence electrons. The average molecular weight is 264 g/mol. The summed E-state index contributed by atoms with van der Waals surface area (Å²) < 4.78 is 0. The standard InChI is InChI=1S/C14H20N2O3/c1-8-6-10(3)16(13(18)7-9(8)2)11-4-5-12(17)15-14(11)19/h6,8-9,11H,4-5,7H2,1-3H3,(H,15,17,19). The largest absolute Gasteiger partial charge is 0.304 e. The van der Waals surface area contributed by atoms with Gasteiger partial charge in [-0.2, -0.15) is 0 Å². The number of amides is 3. The van der Waals surface area contributed by atoms with Crippen LogP contribution in [-0.2, 0) is 14.4 Å². The van der Waals surface area contributed by atoms with Crippen LogP contribution in [0, 0.1) is 11.8 Å². The molecular weight excluding hydrogens is 244 g/mol. The Morgan fingerprint density at radius 2 is 1.95 bits per heavy atom. The second-order valence-electron chi connectivity index (χ2n) is 5.58. The molecule has 3 amide bonds. The maximum absolute atomic E-state index is 12.3. The highest BCUT2D eigenvalue weighted by Gasteiger charge is 2.37. The van der Waals surface area contributed by atoms with Crippen molar-refractivity contribution in [3.63, 3.8) is 0 Å². The summed E-state index contributed by atoms with van der Waals surface area (Å²) in [4.78, 5) is 37.0. The summed E-state index contributed by atoms with van der Waals surface area (Å²) in [7, 11) is 0. The van der Waals surface area contributed by atoms with Gasteiger partial charge in [0, 0.05) is 18.5 Å². The zero-order chi connectivity index (χ0) is 14.2. The number of nitrogens with one attached hydrogen (secondary N) is 1. The lowest BCUT2D eigenvalue weighted by atomic mass is 9.93. The maximum Gasteiger partial charge on any atom is 0.249 e. The third-order valence-corrected chi connectivity index (χ3v) is 4.07. The van der Waals surface area contributed by atoms with Crippen LogP contribution in [0.5, 0.6) is 0 Å². The number of nitrogens with zero attached hydrogens (tertiary/aromatic N) is 1. The van der Waals surface area contributed by atoms with Gasteiger partial charge in [-0.15, -0.1) is 0 Å². The molecule has 0 aromatic rings. The van der Waals surface area contributed by atoms with Gasteiger partial charge in [0.25, 0.3) is 0 Å². The van der Waals surface area contributed by atoms with Crippen molar-refractivity contribution in [3.05, 3.63) is 11.8 Å². The summed E-state index contributed by atoms with van der Waals surface area (Å²) >= 11 is 0. The second kappa shape index (κ2) is 5.15. The molecule has 2 aliphatic rings. The second-order valence-corrected chi connectivity index (χ2v) is 5.58. The predicted octanol–water partition coefficient (Wildman–Crippen LogP) is 1.20. The first-order valence-corrected chi connectivity index (χ1v) is 6.74. The molecular formula is C14H20N2O3. The van der Waals surface area contributed by atoms with Crippen LogP contribution in [0.1, 0.15) is 40.0 Å². The Morgan fingerprint density at radius 1 is 1.26 bits per heavy atom. The molecule has 0 aromatic carbocycles. The Morgan fingerprint density at radius 3 is 2.58 bits per heavy atom. The Balaban J connectivity index is 2.27. The zero-order valence-corrected chi connectivity index (χ0v) is 11.6. The highest BCUT2D eigenvalue weighted by Crippen LogP contribution is 2.28. The summed E-state index contributed by atoms with van der Waals surface area (Å²) in [5, 5.41) is 2.31. The summed E-state index contributed by atoms with van der Waals surface area (Å²) in [5.41, 5.74) is 0.816. The SMILES string of the molecule is CC1=CC(C)C(C)CC(=O)N1C1CCC(=O)NC1=O. The summed E-state index contributed by atoms with van der Waals surface area (Å²) in [6.45, 7) is 5.98.